The van der Waals surface area contributed by atoms with E-state index in [-0.39, 0.29) is 0 Å². The van der Waals surface area contributed by atoms with Crippen molar-refractivity contribution >= 4 is 22.4 Å². The Bertz CT molecular complexity index is 548. The largest absolute Gasteiger partial charge is 0.264 e. The summed E-state index contributed by atoms with van der Waals surface area (Å²) in [5.41, 5.74) is 1.46. The van der Waals surface area contributed by atoms with Crippen LogP contribution >= 0.6 is 11.6 Å². The monoisotopic (exact) mass is 267 g/mol. The highest BCUT2D eigenvalue weighted by molar-refractivity contribution is 7.83. The normalized spacial score (nSPS) is 12.4. The topological polar surface area (TPSA) is 55.7 Å². The van der Waals surface area contributed by atoms with Crippen molar-refractivity contribution in [2.45, 2.75) is 5.75 Å². The van der Waals surface area contributed by atoms with E-state index in [0.717, 1.165) is 5.56 Å². The predicted octanol–water partition coefficient (Wildman–Crippen LogP) is 2.07. The van der Waals surface area contributed by atoms with Gasteiger partial charge in [-0.2, -0.15) is 0 Å². The number of hydrogen-bond acceptors (Lipinski definition) is 4. The van der Waals surface area contributed by atoms with Gasteiger partial charge in [-0.25, -0.2) is 9.97 Å². The highest BCUT2D eigenvalue weighted by Crippen LogP contribution is 2.17. The van der Waals surface area contributed by atoms with Crippen molar-refractivity contribution in [1.29, 1.82) is 0 Å². The summed E-state index contributed by atoms with van der Waals surface area (Å²) in [5, 5.41) is 0.347. The Morgan fingerprint density at radius 1 is 1.41 bits per heavy atom. The standard InChI is InChI=1S/C11H10ClN3OS/c1-17(16)7-9-5-10(12)15-11(14-9)8-3-2-4-13-6-8/h2-6H,7H2,1H3/t17-/m1/s1. The van der Waals surface area contributed by atoms with Crippen LogP contribution in [0.25, 0.3) is 11.4 Å². The molecule has 2 heterocycles. The van der Waals surface area contributed by atoms with Crippen LogP contribution < -0.4 is 0 Å². The van der Waals surface area contributed by atoms with Crippen LogP contribution in [-0.2, 0) is 16.6 Å². The van der Waals surface area contributed by atoms with Gasteiger partial charge in [-0.05, 0) is 18.2 Å². The lowest BCUT2D eigenvalue weighted by Gasteiger charge is -2.03. The Kier molecular flexibility index (Phi) is 3.81. The quantitative estimate of drug-likeness (QED) is 0.799. The summed E-state index contributed by atoms with van der Waals surface area (Å²) in [7, 11) is -0.954. The van der Waals surface area contributed by atoms with Gasteiger partial charge in [-0.15, -0.1) is 0 Å². The van der Waals surface area contributed by atoms with E-state index in [1.165, 1.54) is 0 Å². The molecule has 2 rings (SSSR count). The number of rotatable bonds is 3. The minimum absolute atomic E-state index is 0.347. The molecule has 1 atom stereocenters. The third kappa shape index (κ3) is 3.31. The number of hydrogen-bond donors (Lipinski definition) is 0. The van der Waals surface area contributed by atoms with Crippen molar-refractivity contribution in [2.24, 2.45) is 0 Å². The summed E-state index contributed by atoms with van der Waals surface area (Å²) in [6.45, 7) is 0. The fourth-order valence-electron chi connectivity index (χ4n) is 1.37. The average molecular weight is 268 g/mol. The number of aromatic nitrogens is 3. The Labute approximate surface area is 107 Å². The molecule has 88 valence electrons. The summed E-state index contributed by atoms with van der Waals surface area (Å²) in [5.74, 6) is 0.876. The van der Waals surface area contributed by atoms with Crippen molar-refractivity contribution < 1.29 is 4.21 Å². The lowest BCUT2D eigenvalue weighted by atomic mass is 10.2. The van der Waals surface area contributed by atoms with Gasteiger partial charge in [0.25, 0.3) is 0 Å². The summed E-state index contributed by atoms with van der Waals surface area (Å²) < 4.78 is 11.2. The summed E-state index contributed by atoms with van der Waals surface area (Å²) >= 11 is 5.91. The van der Waals surface area contributed by atoms with Crippen molar-refractivity contribution in [3.8, 4) is 11.4 Å². The molecule has 0 aliphatic heterocycles. The highest BCUT2D eigenvalue weighted by Gasteiger charge is 2.07. The van der Waals surface area contributed by atoms with Crippen molar-refractivity contribution in [3.63, 3.8) is 0 Å². The minimum Gasteiger partial charge on any atom is -0.264 e. The molecule has 0 bridgehead atoms. The van der Waals surface area contributed by atoms with Crippen LogP contribution in [0.3, 0.4) is 0 Å². The van der Waals surface area contributed by atoms with Crippen LogP contribution in [0.5, 0.6) is 0 Å². The zero-order valence-corrected chi connectivity index (χ0v) is 10.7. The molecule has 0 N–H and O–H groups in total. The average Bonchev–Trinajstić information content (AvgIpc) is 2.28. The first-order valence-electron chi connectivity index (χ1n) is 4.89. The molecular formula is C11H10ClN3OS. The van der Waals surface area contributed by atoms with Gasteiger partial charge in [0, 0.05) is 35.0 Å². The predicted molar refractivity (Wildman–Crippen MR) is 68.0 cm³/mol. The maximum atomic E-state index is 11.2. The Morgan fingerprint density at radius 2 is 2.24 bits per heavy atom. The van der Waals surface area contributed by atoms with E-state index in [1.54, 1.807) is 30.8 Å². The molecule has 0 amide bonds. The molecule has 2 aromatic heterocycles. The van der Waals surface area contributed by atoms with Crippen LogP contribution in [0.4, 0.5) is 0 Å². The second-order valence-corrected chi connectivity index (χ2v) is 5.29. The van der Waals surface area contributed by atoms with Gasteiger partial charge >= 0.3 is 0 Å². The first kappa shape index (κ1) is 12.1. The Hall–Kier alpha value is -1.33. The van der Waals surface area contributed by atoms with E-state index in [0.29, 0.717) is 22.4 Å². The molecule has 17 heavy (non-hydrogen) atoms. The molecule has 0 spiro atoms. The van der Waals surface area contributed by atoms with Crippen LogP contribution in [0.1, 0.15) is 5.69 Å². The molecule has 0 radical (unpaired) electrons. The van der Waals surface area contributed by atoms with Gasteiger partial charge in [0.2, 0.25) is 0 Å². The van der Waals surface area contributed by atoms with Gasteiger partial charge in [0.15, 0.2) is 5.82 Å². The fraction of sp³-hybridized carbons (Fsp3) is 0.182. The number of pyridine rings is 1. The smallest absolute Gasteiger partial charge is 0.162 e. The first-order valence-corrected chi connectivity index (χ1v) is 6.99. The van der Waals surface area contributed by atoms with E-state index in [4.69, 9.17) is 11.6 Å². The van der Waals surface area contributed by atoms with Crippen LogP contribution in [-0.4, -0.2) is 25.4 Å². The molecular weight excluding hydrogens is 258 g/mol. The van der Waals surface area contributed by atoms with Gasteiger partial charge in [-0.3, -0.25) is 9.19 Å². The molecule has 0 fully saturated rings. The fourth-order valence-corrected chi connectivity index (χ4v) is 2.14. The highest BCUT2D eigenvalue weighted by atomic mass is 35.5. The summed E-state index contributed by atoms with van der Waals surface area (Å²) in [6, 6.07) is 5.28. The first-order chi connectivity index (χ1) is 8.15. The Balaban J connectivity index is 2.42. The number of nitrogens with zero attached hydrogens (tertiary/aromatic N) is 3. The van der Waals surface area contributed by atoms with Gasteiger partial charge in [0.05, 0.1) is 11.4 Å². The maximum Gasteiger partial charge on any atom is 0.162 e. The van der Waals surface area contributed by atoms with Crippen molar-refractivity contribution in [2.75, 3.05) is 6.26 Å². The third-order valence-corrected chi connectivity index (χ3v) is 2.91. The van der Waals surface area contributed by atoms with Crippen LogP contribution in [0.15, 0.2) is 30.6 Å². The molecule has 4 nitrogen and oxygen atoms in total. The second kappa shape index (κ2) is 5.33. The molecule has 0 saturated carbocycles. The van der Waals surface area contributed by atoms with Crippen molar-refractivity contribution in [3.05, 3.63) is 41.4 Å². The molecule has 0 saturated heterocycles. The van der Waals surface area contributed by atoms with Crippen molar-refractivity contribution in [1.82, 2.24) is 15.0 Å². The van der Waals surface area contributed by atoms with E-state index >= 15 is 0 Å². The van der Waals surface area contributed by atoms with E-state index in [9.17, 15) is 4.21 Å². The van der Waals surface area contributed by atoms with Crippen LogP contribution in [0.2, 0.25) is 5.15 Å². The molecule has 0 aromatic carbocycles. The van der Waals surface area contributed by atoms with Crippen LogP contribution in [0, 0.1) is 0 Å². The lowest BCUT2D eigenvalue weighted by Crippen LogP contribution is -1.99. The molecule has 0 unspecified atom stereocenters. The Morgan fingerprint density at radius 3 is 2.88 bits per heavy atom. The zero-order valence-electron chi connectivity index (χ0n) is 9.13. The third-order valence-electron chi connectivity index (χ3n) is 2.02. The summed E-state index contributed by atoms with van der Waals surface area (Å²) in [6.07, 6.45) is 4.97. The minimum atomic E-state index is -0.954. The van der Waals surface area contributed by atoms with Gasteiger partial charge in [0.1, 0.15) is 5.15 Å². The zero-order chi connectivity index (χ0) is 12.3. The lowest BCUT2D eigenvalue weighted by molar-refractivity contribution is 0.686. The molecule has 6 heteroatoms. The molecule has 0 aliphatic rings. The van der Waals surface area contributed by atoms with E-state index in [1.807, 2.05) is 6.07 Å². The maximum absolute atomic E-state index is 11.2. The second-order valence-electron chi connectivity index (χ2n) is 3.46. The molecule has 0 aliphatic carbocycles. The van der Waals surface area contributed by atoms with E-state index < -0.39 is 10.8 Å². The van der Waals surface area contributed by atoms with Gasteiger partial charge in [-0.1, -0.05) is 11.6 Å². The number of halogens is 1. The SMILES string of the molecule is C[S@@](=O)Cc1cc(Cl)nc(-c2cccnc2)n1. The summed E-state index contributed by atoms with van der Waals surface area (Å²) in [4.78, 5) is 12.4. The van der Waals surface area contributed by atoms with E-state index in [2.05, 4.69) is 15.0 Å². The molecule has 2 aromatic rings. The van der Waals surface area contributed by atoms with Gasteiger partial charge < -0.3 is 0 Å².